The first kappa shape index (κ1) is 28.0. The van der Waals surface area contributed by atoms with Crippen LogP contribution in [0.1, 0.15) is 66.2 Å². The molecule has 10 heteroatoms. The van der Waals surface area contributed by atoms with E-state index in [0.717, 1.165) is 28.1 Å². The van der Waals surface area contributed by atoms with Crippen molar-refractivity contribution in [1.82, 2.24) is 15.3 Å². The lowest BCUT2D eigenvalue weighted by Gasteiger charge is -2.21. The lowest BCUT2D eigenvalue weighted by Crippen LogP contribution is -2.33. The lowest BCUT2D eigenvalue weighted by atomic mass is 9.95. The van der Waals surface area contributed by atoms with Gasteiger partial charge in [0.15, 0.2) is 5.82 Å². The van der Waals surface area contributed by atoms with Crippen molar-refractivity contribution in [1.29, 1.82) is 0 Å². The van der Waals surface area contributed by atoms with Crippen LogP contribution in [-0.4, -0.2) is 35.2 Å². The van der Waals surface area contributed by atoms with Gasteiger partial charge in [0.2, 0.25) is 0 Å². The van der Waals surface area contributed by atoms with Gasteiger partial charge in [-0.25, -0.2) is 13.2 Å². The summed E-state index contributed by atoms with van der Waals surface area (Å²) in [6, 6.07) is 9.42. The SMILES string of the molecule is CCC1(C)c2cc(C(CNC(=O)c3cc(OC)c4ncc(Br)cc4c3)C3(F)CC3)nc(-c3ccc(F)c(Cl)c3F)c21. The molecule has 1 N–H and O–H groups in total. The minimum Gasteiger partial charge on any atom is -0.494 e. The highest BCUT2D eigenvalue weighted by molar-refractivity contribution is 9.10. The second kappa shape index (κ2) is 9.98. The highest BCUT2D eigenvalue weighted by Gasteiger charge is 2.54. The molecule has 0 spiro atoms. The first-order chi connectivity index (χ1) is 19.5. The number of methoxy groups -OCH3 is 1. The van der Waals surface area contributed by atoms with Crippen molar-refractivity contribution in [3.05, 3.63) is 86.1 Å². The molecule has 2 heterocycles. The van der Waals surface area contributed by atoms with Crippen molar-refractivity contribution in [2.24, 2.45) is 0 Å². The number of carbonyl (C=O) groups excluding carboxylic acids is 1. The molecule has 1 saturated carbocycles. The molecular weight excluding hydrogens is 619 g/mol. The molecule has 41 heavy (non-hydrogen) atoms. The standard InChI is InChI=1S/C31H26BrClF3N3O2/c1-4-30(2)19-12-22(39-28(24(19)30)18-5-6-21(34)25(33)26(18)35)20(31(36)7-8-31)14-38-29(40)16-9-15-10-17(32)13-37-27(15)23(11-16)41-3/h5-6,9-13,20H,4,7-8,14H2,1-3H3,(H,38,40). The van der Waals surface area contributed by atoms with Crippen LogP contribution >= 0.6 is 27.5 Å². The maximum atomic E-state index is 15.9. The van der Waals surface area contributed by atoms with Crippen molar-refractivity contribution in [2.75, 3.05) is 13.7 Å². The monoisotopic (exact) mass is 643 g/mol. The lowest BCUT2D eigenvalue weighted by molar-refractivity contribution is 0.0944. The molecule has 0 saturated heterocycles. The van der Waals surface area contributed by atoms with Gasteiger partial charge in [-0.05, 0) is 82.7 Å². The number of benzene rings is 2. The molecule has 1 amide bonds. The fourth-order valence-corrected chi connectivity index (χ4v) is 6.18. The summed E-state index contributed by atoms with van der Waals surface area (Å²) in [6.07, 6.45) is 3.03. The van der Waals surface area contributed by atoms with Gasteiger partial charge in [-0.3, -0.25) is 14.8 Å². The Labute approximate surface area is 248 Å². The molecule has 5 nitrogen and oxygen atoms in total. The van der Waals surface area contributed by atoms with Crippen LogP contribution in [0.25, 0.3) is 22.2 Å². The number of nitrogens with one attached hydrogen (secondary N) is 1. The number of alkyl halides is 1. The van der Waals surface area contributed by atoms with E-state index < -0.39 is 34.2 Å². The molecule has 2 aromatic heterocycles. The smallest absolute Gasteiger partial charge is 0.251 e. The van der Waals surface area contributed by atoms with Crippen molar-refractivity contribution in [3.63, 3.8) is 0 Å². The number of carbonyl (C=O) groups is 1. The van der Waals surface area contributed by atoms with Crippen LogP contribution < -0.4 is 10.1 Å². The Bertz CT molecular complexity index is 1750. The van der Waals surface area contributed by atoms with Crippen molar-refractivity contribution in [3.8, 4) is 17.0 Å². The Balaban J connectivity index is 1.36. The van der Waals surface area contributed by atoms with Crippen LogP contribution in [0.3, 0.4) is 0 Å². The zero-order chi connectivity index (χ0) is 29.3. The second-order valence-electron chi connectivity index (χ2n) is 10.9. The van der Waals surface area contributed by atoms with Crippen LogP contribution in [-0.2, 0) is 5.41 Å². The Morgan fingerprint density at radius 1 is 1.22 bits per heavy atom. The average molecular weight is 645 g/mol. The molecule has 6 rings (SSSR count). The molecule has 0 radical (unpaired) electrons. The van der Waals surface area contributed by atoms with Crippen molar-refractivity contribution in [2.45, 2.75) is 50.1 Å². The van der Waals surface area contributed by atoms with Crippen LogP contribution in [0.15, 0.2) is 47.1 Å². The van der Waals surface area contributed by atoms with Gasteiger partial charge in [-0.15, -0.1) is 0 Å². The summed E-state index contributed by atoms with van der Waals surface area (Å²) >= 11 is 9.30. The first-order valence-corrected chi connectivity index (χ1v) is 14.5. The summed E-state index contributed by atoms with van der Waals surface area (Å²) in [6.45, 7) is 4.01. The number of pyridine rings is 2. The molecule has 4 aromatic rings. The second-order valence-corrected chi connectivity index (χ2v) is 12.2. The van der Waals surface area contributed by atoms with E-state index in [1.54, 1.807) is 18.3 Å². The first-order valence-electron chi connectivity index (χ1n) is 13.3. The van der Waals surface area contributed by atoms with Crippen LogP contribution in [0.2, 0.25) is 5.02 Å². The number of hydrogen-bond donors (Lipinski definition) is 1. The predicted octanol–water partition coefficient (Wildman–Crippen LogP) is 8.04. The van der Waals surface area contributed by atoms with Gasteiger partial charge >= 0.3 is 0 Å². The number of halogens is 5. The number of amides is 1. The minimum atomic E-state index is -1.56. The summed E-state index contributed by atoms with van der Waals surface area (Å²) < 4.78 is 51.2. The van der Waals surface area contributed by atoms with E-state index in [-0.39, 0.29) is 17.5 Å². The summed E-state index contributed by atoms with van der Waals surface area (Å²) in [5.41, 5.74) is 1.64. The van der Waals surface area contributed by atoms with Gasteiger partial charge in [-0.1, -0.05) is 25.4 Å². The van der Waals surface area contributed by atoms with E-state index in [9.17, 15) is 9.18 Å². The molecule has 2 unspecified atom stereocenters. The number of nitrogens with zero attached hydrogens (tertiary/aromatic N) is 2. The number of rotatable bonds is 8. The molecule has 2 atom stereocenters. The quantitative estimate of drug-likeness (QED) is 0.197. The molecule has 0 bridgehead atoms. The van der Waals surface area contributed by atoms with E-state index in [0.29, 0.717) is 46.4 Å². The van der Waals surface area contributed by atoms with Crippen LogP contribution in [0.5, 0.6) is 5.75 Å². The van der Waals surface area contributed by atoms with E-state index in [2.05, 4.69) is 26.2 Å². The Kier molecular flexibility index (Phi) is 6.81. The minimum absolute atomic E-state index is 0.0207. The maximum absolute atomic E-state index is 15.9. The molecule has 1 fully saturated rings. The molecule has 2 aliphatic rings. The fraction of sp³-hybridized carbons (Fsp3) is 0.323. The third-order valence-electron chi connectivity index (χ3n) is 8.49. The van der Waals surface area contributed by atoms with Crippen LogP contribution in [0.4, 0.5) is 13.2 Å². The molecule has 212 valence electrons. The fourth-order valence-electron chi connectivity index (χ4n) is 5.67. The van der Waals surface area contributed by atoms with E-state index in [1.165, 1.54) is 13.2 Å². The Morgan fingerprint density at radius 2 is 1.98 bits per heavy atom. The van der Waals surface area contributed by atoms with Gasteiger partial charge < -0.3 is 10.1 Å². The summed E-state index contributed by atoms with van der Waals surface area (Å²) in [5, 5.41) is 2.98. The van der Waals surface area contributed by atoms with Gasteiger partial charge in [0.25, 0.3) is 5.91 Å². The number of fused-ring (bicyclic) bond motifs is 2. The average Bonchev–Trinajstić information content (AvgIpc) is 3.85. The predicted molar refractivity (Wildman–Crippen MR) is 155 cm³/mol. The molecule has 2 aliphatic carbocycles. The summed E-state index contributed by atoms with van der Waals surface area (Å²) in [4.78, 5) is 22.4. The van der Waals surface area contributed by atoms with E-state index in [1.807, 2.05) is 26.0 Å². The topological polar surface area (TPSA) is 64.1 Å². The highest BCUT2D eigenvalue weighted by atomic mass is 79.9. The van der Waals surface area contributed by atoms with Gasteiger partial charge in [0.1, 0.15) is 27.8 Å². The largest absolute Gasteiger partial charge is 0.494 e. The van der Waals surface area contributed by atoms with E-state index in [4.69, 9.17) is 21.3 Å². The van der Waals surface area contributed by atoms with Crippen molar-refractivity contribution < 1.29 is 22.7 Å². The third kappa shape index (κ3) is 4.67. The maximum Gasteiger partial charge on any atom is 0.251 e. The van der Waals surface area contributed by atoms with Gasteiger partial charge in [0, 0.05) is 44.8 Å². The Morgan fingerprint density at radius 3 is 2.66 bits per heavy atom. The van der Waals surface area contributed by atoms with Gasteiger partial charge in [-0.2, -0.15) is 0 Å². The number of ether oxygens (including phenoxy) is 1. The molecular formula is C31H26BrClF3N3O2. The van der Waals surface area contributed by atoms with Crippen molar-refractivity contribution >= 4 is 44.3 Å². The Hall–Kier alpha value is -3.17. The normalized spacial score (nSPS) is 19.0. The molecule has 0 aliphatic heterocycles. The van der Waals surface area contributed by atoms with Gasteiger partial charge in [0.05, 0.1) is 18.7 Å². The highest BCUT2D eigenvalue weighted by Crippen LogP contribution is 2.58. The molecule has 2 aromatic carbocycles. The number of hydrogen-bond acceptors (Lipinski definition) is 4. The van der Waals surface area contributed by atoms with E-state index >= 15 is 8.78 Å². The zero-order valence-corrected chi connectivity index (χ0v) is 24.9. The summed E-state index contributed by atoms with van der Waals surface area (Å²) in [7, 11) is 1.50. The third-order valence-corrected chi connectivity index (χ3v) is 9.27. The number of aromatic nitrogens is 2. The zero-order valence-electron chi connectivity index (χ0n) is 22.5. The van der Waals surface area contributed by atoms with Crippen LogP contribution in [0, 0.1) is 11.6 Å². The summed E-state index contributed by atoms with van der Waals surface area (Å²) in [5.74, 6) is -2.49.